The molecule has 1 fully saturated rings. The van der Waals surface area contributed by atoms with E-state index in [9.17, 15) is 8.78 Å². The minimum Gasteiger partial charge on any atom is -0.310 e. The van der Waals surface area contributed by atoms with Gasteiger partial charge in [-0.2, -0.15) is 0 Å². The van der Waals surface area contributed by atoms with Crippen molar-refractivity contribution in [3.63, 3.8) is 0 Å². The zero-order valence-corrected chi connectivity index (χ0v) is 7.76. The number of piperidine rings is 1. The Morgan fingerprint density at radius 3 is 2.50 bits per heavy atom. The van der Waals surface area contributed by atoms with Crippen molar-refractivity contribution in [1.29, 1.82) is 0 Å². The second-order valence-electron chi connectivity index (χ2n) is 3.52. The number of rotatable bonds is 1. The number of halogens is 2. The Morgan fingerprint density at radius 1 is 1.21 bits per heavy atom. The summed E-state index contributed by atoms with van der Waals surface area (Å²) in [5, 5.41) is 3.11. The van der Waals surface area contributed by atoms with Gasteiger partial charge in [-0.25, -0.2) is 8.78 Å². The summed E-state index contributed by atoms with van der Waals surface area (Å²) in [6.07, 6.45) is 5.00. The minimum atomic E-state index is -0.551. The van der Waals surface area contributed by atoms with Crippen LogP contribution in [0.5, 0.6) is 0 Å². The maximum atomic E-state index is 13.3. The number of nitrogens with one attached hydrogen (secondary N) is 1. The van der Waals surface area contributed by atoms with Gasteiger partial charge in [0.15, 0.2) is 0 Å². The van der Waals surface area contributed by atoms with E-state index in [2.05, 4.69) is 10.3 Å². The van der Waals surface area contributed by atoms with Crippen LogP contribution in [0.4, 0.5) is 8.78 Å². The molecular formula is C10H12F2N2. The fourth-order valence-corrected chi connectivity index (χ4v) is 1.85. The average molecular weight is 198 g/mol. The molecular weight excluding hydrogens is 186 g/mol. The van der Waals surface area contributed by atoms with E-state index in [4.69, 9.17) is 0 Å². The summed E-state index contributed by atoms with van der Waals surface area (Å²) in [4.78, 5) is 3.46. The Labute approximate surface area is 81.4 Å². The molecule has 1 N–H and O–H groups in total. The van der Waals surface area contributed by atoms with Gasteiger partial charge in [-0.1, -0.05) is 6.42 Å². The van der Waals surface area contributed by atoms with Gasteiger partial charge in [-0.15, -0.1) is 0 Å². The molecule has 1 atom stereocenters. The summed E-state index contributed by atoms with van der Waals surface area (Å²) in [6, 6.07) is -0.188. The molecule has 1 unspecified atom stereocenters. The number of pyridine rings is 1. The predicted molar refractivity (Wildman–Crippen MR) is 48.7 cm³/mol. The molecule has 4 heteroatoms. The molecule has 0 spiro atoms. The molecule has 14 heavy (non-hydrogen) atoms. The van der Waals surface area contributed by atoms with Crippen molar-refractivity contribution in [2.45, 2.75) is 25.3 Å². The van der Waals surface area contributed by atoms with E-state index in [1.165, 1.54) is 0 Å². The van der Waals surface area contributed by atoms with Gasteiger partial charge < -0.3 is 5.32 Å². The van der Waals surface area contributed by atoms with Crippen molar-refractivity contribution in [3.05, 3.63) is 29.6 Å². The van der Waals surface area contributed by atoms with Crippen molar-refractivity contribution in [2.24, 2.45) is 0 Å². The molecule has 1 aromatic heterocycles. The van der Waals surface area contributed by atoms with Gasteiger partial charge in [0, 0.05) is 11.6 Å². The van der Waals surface area contributed by atoms with Crippen LogP contribution in [-0.4, -0.2) is 11.5 Å². The average Bonchev–Trinajstić information content (AvgIpc) is 2.19. The molecule has 1 aliphatic rings. The van der Waals surface area contributed by atoms with Crippen LogP contribution in [0.2, 0.25) is 0 Å². The van der Waals surface area contributed by atoms with Crippen LogP contribution in [0, 0.1) is 11.6 Å². The summed E-state index contributed by atoms with van der Waals surface area (Å²) < 4.78 is 26.6. The molecule has 0 radical (unpaired) electrons. The molecule has 1 saturated heterocycles. The summed E-state index contributed by atoms with van der Waals surface area (Å²) in [5.41, 5.74) is 0.139. The molecule has 2 rings (SSSR count). The first-order chi connectivity index (χ1) is 6.79. The Balaban J connectivity index is 2.29. The molecule has 0 saturated carbocycles. The third kappa shape index (κ3) is 1.75. The van der Waals surface area contributed by atoms with Crippen LogP contribution < -0.4 is 5.32 Å². The Kier molecular flexibility index (Phi) is 2.72. The van der Waals surface area contributed by atoms with Gasteiger partial charge in [0.05, 0.1) is 12.4 Å². The predicted octanol–water partition coefficient (Wildman–Crippen LogP) is 2.17. The maximum Gasteiger partial charge on any atom is 0.149 e. The third-order valence-corrected chi connectivity index (χ3v) is 2.55. The highest BCUT2D eigenvalue weighted by atomic mass is 19.1. The van der Waals surface area contributed by atoms with E-state index in [-0.39, 0.29) is 11.6 Å². The van der Waals surface area contributed by atoms with Crippen molar-refractivity contribution in [3.8, 4) is 0 Å². The lowest BCUT2D eigenvalue weighted by Gasteiger charge is -2.24. The van der Waals surface area contributed by atoms with Crippen LogP contribution in [-0.2, 0) is 0 Å². The van der Waals surface area contributed by atoms with Crippen molar-refractivity contribution < 1.29 is 8.78 Å². The second kappa shape index (κ2) is 4.00. The Morgan fingerprint density at radius 2 is 1.93 bits per heavy atom. The van der Waals surface area contributed by atoms with E-state index in [1.807, 2.05) is 0 Å². The first-order valence-electron chi connectivity index (χ1n) is 4.81. The summed E-state index contributed by atoms with van der Waals surface area (Å²) in [6.45, 7) is 0.825. The van der Waals surface area contributed by atoms with Crippen molar-refractivity contribution in [1.82, 2.24) is 10.3 Å². The van der Waals surface area contributed by atoms with Gasteiger partial charge in [0.25, 0.3) is 0 Å². The summed E-state index contributed by atoms with van der Waals surface area (Å²) >= 11 is 0. The van der Waals surface area contributed by atoms with Gasteiger partial charge in [-0.3, -0.25) is 4.98 Å². The zero-order valence-electron chi connectivity index (χ0n) is 7.76. The Hall–Kier alpha value is -1.03. The van der Waals surface area contributed by atoms with Gasteiger partial charge in [0.1, 0.15) is 11.6 Å². The second-order valence-corrected chi connectivity index (χ2v) is 3.52. The molecule has 1 aliphatic heterocycles. The van der Waals surface area contributed by atoms with Crippen LogP contribution in [0.1, 0.15) is 30.9 Å². The lowest BCUT2D eigenvalue weighted by atomic mass is 9.98. The van der Waals surface area contributed by atoms with Crippen LogP contribution in [0.25, 0.3) is 0 Å². The van der Waals surface area contributed by atoms with Crippen LogP contribution in [0.15, 0.2) is 12.4 Å². The highest BCUT2D eigenvalue weighted by Gasteiger charge is 2.21. The fourth-order valence-electron chi connectivity index (χ4n) is 1.85. The van der Waals surface area contributed by atoms with E-state index >= 15 is 0 Å². The molecule has 76 valence electrons. The number of hydrogen-bond donors (Lipinski definition) is 1. The third-order valence-electron chi connectivity index (χ3n) is 2.55. The molecule has 2 heterocycles. The first-order valence-corrected chi connectivity index (χ1v) is 4.81. The van der Waals surface area contributed by atoms with Gasteiger partial charge in [0.2, 0.25) is 0 Å². The molecule has 0 aromatic carbocycles. The monoisotopic (exact) mass is 198 g/mol. The van der Waals surface area contributed by atoms with Gasteiger partial charge >= 0.3 is 0 Å². The topological polar surface area (TPSA) is 24.9 Å². The molecule has 0 bridgehead atoms. The normalized spacial score (nSPS) is 22.3. The maximum absolute atomic E-state index is 13.3. The minimum absolute atomic E-state index is 0.139. The first kappa shape index (κ1) is 9.52. The lowest BCUT2D eigenvalue weighted by Crippen LogP contribution is -2.28. The highest BCUT2D eigenvalue weighted by Crippen LogP contribution is 2.26. The smallest absolute Gasteiger partial charge is 0.149 e. The van der Waals surface area contributed by atoms with E-state index in [0.29, 0.717) is 0 Å². The molecule has 0 amide bonds. The highest BCUT2D eigenvalue weighted by molar-refractivity contribution is 5.20. The van der Waals surface area contributed by atoms with Crippen LogP contribution in [0.3, 0.4) is 0 Å². The molecule has 2 nitrogen and oxygen atoms in total. The quantitative estimate of drug-likeness (QED) is 0.748. The largest absolute Gasteiger partial charge is 0.310 e. The SMILES string of the molecule is Fc1cncc(F)c1C1CCCCN1. The van der Waals surface area contributed by atoms with Crippen molar-refractivity contribution >= 4 is 0 Å². The summed E-state index contributed by atoms with van der Waals surface area (Å²) in [7, 11) is 0. The van der Waals surface area contributed by atoms with E-state index in [1.54, 1.807) is 0 Å². The zero-order chi connectivity index (χ0) is 9.97. The number of hydrogen-bond acceptors (Lipinski definition) is 2. The van der Waals surface area contributed by atoms with Crippen molar-refractivity contribution in [2.75, 3.05) is 6.54 Å². The fraction of sp³-hybridized carbons (Fsp3) is 0.500. The summed E-state index contributed by atoms with van der Waals surface area (Å²) in [5.74, 6) is -1.10. The molecule has 1 aromatic rings. The standard InChI is InChI=1S/C10H12F2N2/c11-7-5-13-6-8(12)10(7)9-3-1-2-4-14-9/h5-6,9,14H,1-4H2. The number of aromatic nitrogens is 1. The lowest BCUT2D eigenvalue weighted by molar-refractivity contribution is 0.383. The molecule has 0 aliphatic carbocycles. The van der Waals surface area contributed by atoms with Gasteiger partial charge in [-0.05, 0) is 19.4 Å². The van der Waals surface area contributed by atoms with E-state index < -0.39 is 11.6 Å². The number of nitrogens with zero attached hydrogens (tertiary/aromatic N) is 1. The van der Waals surface area contributed by atoms with Crippen LogP contribution >= 0.6 is 0 Å². The Bertz CT molecular complexity index is 302. The van der Waals surface area contributed by atoms with E-state index in [0.717, 1.165) is 38.2 Å².